The third kappa shape index (κ3) is 5.99. The summed E-state index contributed by atoms with van der Waals surface area (Å²) in [6.45, 7) is 0. The fourth-order valence-electron chi connectivity index (χ4n) is 5.72. The van der Waals surface area contributed by atoms with Crippen molar-refractivity contribution in [2.75, 3.05) is 30.6 Å². The van der Waals surface area contributed by atoms with E-state index in [1.807, 2.05) is 24.3 Å². The molecule has 2 aromatic carbocycles. The molecule has 0 bridgehead atoms. The van der Waals surface area contributed by atoms with Crippen LogP contribution in [0.5, 0.6) is 11.5 Å². The monoisotopic (exact) mass is 630 g/mol. The highest BCUT2D eigenvalue weighted by molar-refractivity contribution is 6.30. The summed E-state index contributed by atoms with van der Waals surface area (Å²) in [5, 5.41) is 21.9. The number of aromatic nitrogens is 4. The lowest BCUT2D eigenvalue weighted by Gasteiger charge is -2.14. The smallest absolute Gasteiger partial charge is 0.185 e. The number of nitrogens with one attached hydrogen (secondary N) is 3. The zero-order valence-corrected chi connectivity index (χ0v) is 25.3. The molecule has 45 heavy (non-hydrogen) atoms. The summed E-state index contributed by atoms with van der Waals surface area (Å²) >= 11 is 5.88. The van der Waals surface area contributed by atoms with Crippen LogP contribution in [-0.2, 0) is 25.7 Å². The molecule has 230 valence electrons. The number of hydrogen-bond acceptors (Lipinski definition) is 9. The maximum absolute atomic E-state index is 14.3. The van der Waals surface area contributed by atoms with Crippen LogP contribution in [-0.4, -0.2) is 34.4 Å². The lowest BCUT2D eigenvalue weighted by atomic mass is 10.1. The van der Waals surface area contributed by atoms with Crippen molar-refractivity contribution in [1.82, 2.24) is 20.2 Å². The lowest BCUT2D eigenvalue weighted by molar-refractivity contribution is 0.414. The zero-order valence-electron chi connectivity index (χ0n) is 24.5. The molecule has 3 aromatic heterocycles. The number of nitrogens with two attached hydrogens (primary N) is 1. The molecule has 0 radical (unpaired) electrons. The first-order valence-corrected chi connectivity index (χ1v) is 14.7. The van der Waals surface area contributed by atoms with E-state index < -0.39 is 11.6 Å². The van der Waals surface area contributed by atoms with E-state index in [2.05, 4.69) is 30.8 Å². The molecule has 3 heterocycles. The van der Waals surface area contributed by atoms with Crippen LogP contribution < -0.4 is 25.8 Å². The van der Waals surface area contributed by atoms with Crippen molar-refractivity contribution in [3.8, 4) is 17.6 Å². The van der Waals surface area contributed by atoms with Gasteiger partial charge in [-0.2, -0.15) is 10.4 Å². The van der Waals surface area contributed by atoms with E-state index in [1.165, 1.54) is 22.8 Å². The number of anilines is 5. The van der Waals surface area contributed by atoms with Gasteiger partial charge in [-0.05, 0) is 85.0 Å². The second-order valence-corrected chi connectivity index (χ2v) is 11.0. The summed E-state index contributed by atoms with van der Waals surface area (Å²) in [4.78, 5) is 8.16. The quantitative estimate of drug-likeness (QED) is 0.147. The third-order valence-electron chi connectivity index (χ3n) is 7.93. The number of fused-ring (bicyclic) bond motifs is 3. The van der Waals surface area contributed by atoms with Gasteiger partial charge in [-0.1, -0.05) is 11.6 Å². The standard InChI is InChI=1S/C16H13ClFN3O.C16H16FN5O/c1-22-11-5-9-3-2-4-12(9)14(7-11)20-16-13(18)6-10(8-19)15(17)21-16;1-23-9-5-8-3-2-4-10(8)13(6-9)19-16-12(17)7-11-14(18)21-22-15(11)20-16/h5-7H,2-4H2,1H3,(H,20,21);5-7H,2-4H2,1H3,(H4,18,19,20,21,22). The Balaban J connectivity index is 0.000000159. The van der Waals surface area contributed by atoms with Crippen molar-refractivity contribution in [2.24, 2.45) is 0 Å². The van der Waals surface area contributed by atoms with Gasteiger partial charge in [-0.25, -0.2) is 18.7 Å². The lowest BCUT2D eigenvalue weighted by Crippen LogP contribution is -2.02. The van der Waals surface area contributed by atoms with E-state index in [-0.39, 0.29) is 22.4 Å². The molecule has 7 rings (SSSR count). The Morgan fingerprint density at radius 1 is 0.844 bits per heavy atom. The van der Waals surface area contributed by atoms with Crippen LogP contribution in [0.4, 0.5) is 37.6 Å². The summed E-state index contributed by atoms with van der Waals surface area (Å²) in [5.74, 6) is 0.815. The van der Waals surface area contributed by atoms with Gasteiger partial charge in [0.05, 0.1) is 25.2 Å². The molecule has 13 heteroatoms. The van der Waals surface area contributed by atoms with Crippen molar-refractivity contribution in [3.05, 3.63) is 81.0 Å². The molecule has 0 atom stereocenters. The number of aryl methyl sites for hydroxylation is 2. The number of benzene rings is 2. The summed E-state index contributed by atoms with van der Waals surface area (Å²) in [5.41, 5.74) is 12.4. The molecular formula is C32H29ClF2N8O2. The molecule has 0 spiro atoms. The number of nitrogens with zero attached hydrogens (tertiary/aromatic N) is 4. The van der Waals surface area contributed by atoms with Crippen LogP contribution >= 0.6 is 11.6 Å². The first kappa shape index (κ1) is 29.9. The summed E-state index contributed by atoms with van der Waals surface area (Å²) < 4.78 is 39.0. The first-order valence-electron chi connectivity index (χ1n) is 14.3. The molecule has 0 saturated carbocycles. The number of nitriles is 1. The van der Waals surface area contributed by atoms with E-state index in [0.29, 0.717) is 22.6 Å². The number of ether oxygens (including phenoxy) is 2. The number of aromatic amines is 1. The highest BCUT2D eigenvalue weighted by Crippen LogP contribution is 2.37. The fourth-order valence-corrected chi connectivity index (χ4v) is 5.90. The van der Waals surface area contributed by atoms with Crippen molar-refractivity contribution in [2.45, 2.75) is 38.5 Å². The average Bonchev–Trinajstić information content (AvgIpc) is 3.80. The number of rotatable bonds is 6. The van der Waals surface area contributed by atoms with Crippen LogP contribution in [0.25, 0.3) is 11.0 Å². The zero-order chi connectivity index (χ0) is 31.7. The number of halogens is 3. The van der Waals surface area contributed by atoms with Crippen molar-refractivity contribution >= 4 is 51.5 Å². The predicted molar refractivity (Wildman–Crippen MR) is 169 cm³/mol. The Morgan fingerprint density at radius 3 is 1.96 bits per heavy atom. The summed E-state index contributed by atoms with van der Waals surface area (Å²) in [6.07, 6.45) is 6.01. The largest absolute Gasteiger partial charge is 0.497 e. The normalized spacial score (nSPS) is 13.0. The van der Waals surface area contributed by atoms with Crippen LogP contribution in [0.15, 0.2) is 36.4 Å². The van der Waals surface area contributed by atoms with Crippen LogP contribution in [0.3, 0.4) is 0 Å². The molecule has 2 aliphatic carbocycles. The van der Waals surface area contributed by atoms with E-state index >= 15 is 0 Å². The highest BCUT2D eigenvalue weighted by Gasteiger charge is 2.20. The highest BCUT2D eigenvalue weighted by atomic mass is 35.5. The molecule has 10 nitrogen and oxygen atoms in total. The van der Waals surface area contributed by atoms with Gasteiger partial charge < -0.3 is 25.8 Å². The molecule has 2 aliphatic rings. The molecule has 0 aliphatic heterocycles. The first-order chi connectivity index (χ1) is 21.8. The minimum atomic E-state index is -0.615. The molecule has 0 saturated heterocycles. The van der Waals surface area contributed by atoms with Crippen molar-refractivity contribution in [3.63, 3.8) is 0 Å². The Kier molecular flexibility index (Phi) is 8.28. The molecule has 0 fully saturated rings. The minimum absolute atomic E-state index is 0.00588. The Hall–Kier alpha value is -5.15. The van der Waals surface area contributed by atoms with Gasteiger partial charge >= 0.3 is 0 Å². The second-order valence-electron chi connectivity index (χ2n) is 10.7. The Morgan fingerprint density at radius 2 is 1.40 bits per heavy atom. The minimum Gasteiger partial charge on any atom is -0.497 e. The van der Waals surface area contributed by atoms with Crippen LogP contribution in [0.2, 0.25) is 5.15 Å². The third-order valence-corrected chi connectivity index (χ3v) is 8.22. The number of hydrogen-bond donors (Lipinski definition) is 4. The van der Waals surface area contributed by atoms with Crippen LogP contribution in [0, 0.1) is 23.0 Å². The van der Waals surface area contributed by atoms with Gasteiger partial charge in [0.1, 0.15) is 28.5 Å². The summed E-state index contributed by atoms with van der Waals surface area (Å²) in [7, 11) is 3.22. The molecule has 5 N–H and O–H groups in total. The second kappa shape index (κ2) is 12.5. The van der Waals surface area contributed by atoms with Gasteiger partial charge in [-0.3, -0.25) is 5.10 Å². The van der Waals surface area contributed by atoms with E-state index in [4.69, 9.17) is 32.1 Å². The van der Waals surface area contributed by atoms with E-state index in [1.54, 1.807) is 20.3 Å². The SMILES string of the molecule is COc1cc2c(c(Nc3nc(Cl)c(C#N)cc3F)c1)CCC2.COc1cc2c(c(Nc3nc4n[nH]c(N)c4cc3F)c1)CCC2. The van der Waals surface area contributed by atoms with Gasteiger partial charge in [-0.15, -0.1) is 0 Å². The van der Waals surface area contributed by atoms with Crippen molar-refractivity contribution in [1.29, 1.82) is 5.26 Å². The number of H-pyrrole nitrogens is 1. The van der Waals surface area contributed by atoms with Gasteiger partial charge in [0.15, 0.2) is 28.9 Å². The Bertz CT molecular complexity index is 1970. The maximum Gasteiger partial charge on any atom is 0.185 e. The molecular weight excluding hydrogens is 602 g/mol. The Labute approximate surface area is 262 Å². The van der Waals surface area contributed by atoms with E-state index in [0.717, 1.165) is 67.3 Å². The van der Waals surface area contributed by atoms with Crippen LogP contribution in [0.1, 0.15) is 40.7 Å². The van der Waals surface area contributed by atoms with Crippen molar-refractivity contribution < 1.29 is 18.3 Å². The summed E-state index contributed by atoms with van der Waals surface area (Å²) in [6, 6.07) is 11.9. The number of methoxy groups -OCH3 is 2. The number of pyridine rings is 2. The predicted octanol–water partition coefficient (Wildman–Crippen LogP) is 6.91. The fraction of sp³-hybridized carbons (Fsp3) is 0.250. The maximum atomic E-state index is 14.3. The van der Waals surface area contributed by atoms with Gasteiger partial charge in [0.2, 0.25) is 0 Å². The topological polar surface area (TPSA) is 147 Å². The average molecular weight is 631 g/mol. The molecule has 0 unspecified atom stereocenters. The van der Waals surface area contributed by atoms with Gasteiger partial charge in [0.25, 0.3) is 0 Å². The molecule has 5 aromatic rings. The van der Waals surface area contributed by atoms with E-state index in [9.17, 15) is 8.78 Å². The molecule has 0 amide bonds. The number of nitrogen functional groups attached to an aromatic ring is 1. The van der Waals surface area contributed by atoms with Gasteiger partial charge in [0, 0.05) is 23.5 Å².